The number of hydrogen-bond donors (Lipinski definition) is 3. The summed E-state index contributed by atoms with van der Waals surface area (Å²) in [5.41, 5.74) is 2.12. The molecule has 8 heteroatoms. The third-order valence-electron chi connectivity index (χ3n) is 4.17. The standard InChI is InChI=1S/C20H23ClFN3O3/c1-13-15(21)5-4-6-17(13)24-19(26)10-23-20(27)12-25(2)11-14-7-8-18(28-3)16(22)9-14/h4-9H,10-12H2,1-3H3,(H,23,27)(H,24,26)/p+1. The van der Waals surface area contributed by atoms with Crippen molar-refractivity contribution < 1.29 is 23.6 Å². The molecule has 0 aliphatic rings. The number of ether oxygens (including phenoxy) is 1. The highest BCUT2D eigenvalue weighted by Gasteiger charge is 2.14. The van der Waals surface area contributed by atoms with Crippen molar-refractivity contribution in [3.05, 3.63) is 58.4 Å². The Kier molecular flexibility index (Phi) is 7.78. The van der Waals surface area contributed by atoms with E-state index in [1.54, 1.807) is 37.3 Å². The lowest BCUT2D eigenvalue weighted by molar-refractivity contribution is -0.885. The average Bonchev–Trinajstić information content (AvgIpc) is 2.64. The zero-order valence-electron chi connectivity index (χ0n) is 16.1. The highest BCUT2D eigenvalue weighted by molar-refractivity contribution is 6.31. The summed E-state index contributed by atoms with van der Waals surface area (Å²) in [4.78, 5) is 24.9. The second kappa shape index (κ2) is 10.1. The Morgan fingerprint density at radius 3 is 2.64 bits per heavy atom. The van der Waals surface area contributed by atoms with Gasteiger partial charge in [0.1, 0.15) is 6.54 Å². The van der Waals surface area contributed by atoms with Crippen molar-refractivity contribution >= 4 is 29.1 Å². The molecule has 1 unspecified atom stereocenters. The number of methoxy groups -OCH3 is 1. The van der Waals surface area contributed by atoms with Crippen LogP contribution < -0.4 is 20.3 Å². The number of carbonyl (C=O) groups excluding carboxylic acids is 2. The van der Waals surface area contributed by atoms with Crippen LogP contribution in [0.4, 0.5) is 10.1 Å². The van der Waals surface area contributed by atoms with Gasteiger partial charge in [0.25, 0.3) is 5.91 Å². The average molecular weight is 409 g/mol. The molecular formula is C20H24ClFN3O3+. The first kappa shape index (κ1) is 21.7. The Balaban J connectivity index is 1.79. The van der Waals surface area contributed by atoms with Crippen molar-refractivity contribution in [1.82, 2.24) is 5.32 Å². The van der Waals surface area contributed by atoms with Crippen LogP contribution in [0.25, 0.3) is 0 Å². The molecule has 0 saturated heterocycles. The fourth-order valence-electron chi connectivity index (χ4n) is 2.68. The summed E-state index contributed by atoms with van der Waals surface area (Å²) < 4.78 is 18.6. The lowest BCUT2D eigenvalue weighted by atomic mass is 10.2. The maximum Gasteiger partial charge on any atom is 0.275 e. The number of nitrogens with one attached hydrogen (secondary N) is 3. The van der Waals surface area contributed by atoms with Crippen LogP contribution in [0, 0.1) is 12.7 Å². The van der Waals surface area contributed by atoms with Crippen LogP contribution in [0.3, 0.4) is 0 Å². The molecule has 0 radical (unpaired) electrons. The first-order valence-corrected chi connectivity index (χ1v) is 9.13. The Hall–Kier alpha value is -2.64. The van der Waals surface area contributed by atoms with Gasteiger partial charge in [0, 0.05) is 16.3 Å². The molecule has 0 aliphatic heterocycles. The third-order valence-corrected chi connectivity index (χ3v) is 4.58. The van der Waals surface area contributed by atoms with Crippen LogP contribution in [0.2, 0.25) is 5.02 Å². The number of rotatable bonds is 8. The van der Waals surface area contributed by atoms with Crippen molar-refractivity contribution in [2.45, 2.75) is 13.5 Å². The molecule has 6 nitrogen and oxygen atoms in total. The molecule has 0 aliphatic carbocycles. The molecule has 0 saturated carbocycles. The minimum atomic E-state index is -0.440. The van der Waals surface area contributed by atoms with E-state index < -0.39 is 5.82 Å². The molecule has 1 atom stereocenters. The van der Waals surface area contributed by atoms with Gasteiger partial charge < -0.3 is 20.3 Å². The Bertz CT molecular complexity index is 861. The van der Waals surface area contributed by atoms with E-state index >= 15 is 0 Å². The second-order valence-electron chi connectivity index (χ2n) is 6.52. The summed E-state index contributed by atoms with van der Waals surface area (Å²) in [5.74, 6) is -0.872. The van der Waals surface area contributed by atoms with Gasteiger partial charge in [-0.1, -0.05) is 17.7 Å². The van der Waals surface area contributed by atoms with Crippen LogP contribution in [0.1, 0.15) is 11.1 Å². The summed E-state index contributed by atoms with van der Waals surface area (Å²) in [5, 5.41) is 5.86. The van der Waals surface area contributed by atoms with Gasteiger partial charge in [-0.2, -0.15) is 0 Å². The summed E-state index contributed by atoms with van der Waals surface area (Å²) in [6, 6.07) is 9.92. The van der Waals surface area contributed by atoms with Gasteiger partial charge in [0.2, 0.25) is 5.91 Å². The van der Waals surface area contributed by atoms with Gasteiger partial charge in [-0.3, -0.25) is 9.59 Å². The first-order valence-electron chi connectivity index (χ1n) is 8.75. The molecule has 2 rings (SSSR count). The summed E-state index contributed by atoms with van der Waals surface area (Å²) in [6.07, 6.45) is 0. The maximum atomic E-state index is 13.7. The van der Waals surface area contributed by atoms with E-state index in [1.165, 1.54) is 13.2 Å². The van der Waals surface area contributed by atoms with E-state index in [2.05, 4.69) is 10.6 Å². The number of carbonyl (C=O) groups is 2. The molecular weight excluding hydrogens is 385 g/mol. The molecule has 0 bridgehead atoms. The number of quaternary nitrogens is 1. The maximum absolute atomic E-state index is 13.7. The largest absolute Gasteiger partial charge is 0.494 e. The van der Waals surface area contributed by atoms with E-state index in [-0.39, 0.29) is 30.7 Å². The predicted octanol–water partition coefficient (Wildman–Crippen LogP) is 1.57. The molecule has 2 aromatic rings. The smallest absolute Gasteiger partial charge is 0.275 e. The van der Waals surface area contributed by atoms with Gasteiger partial charge in [0.05, 0.1) is 20.7 Å². The minimum Gasteiger partial charge on any atom is -0.494 e. The van der Waals surface area contributed by atoms with Crippen molar-refractivity contribution in [2.24, 2.45) is 0 Å². The highest BCUT2D eigenvalue weighted by Crippen LogP contribution is 2.22. The number of halogens is 2. The van der Waals surface area contributed by atoms with Crippen molar-refractivity contribution in [3.8, 4) is 5.75 Å². The fraction of sp³-hybridized carbons (Fsp3) is 0.300. The monoisotopic (exact) mass is 408 g/mol. The van der Waals surface area contributed by atoms with Crippen LogP contribution in [0.5, 0.6) is 5.75 Å². The molecule has 2 amide bonds. The molecule has 3 N–H and O–H groups in total. The Labute approximate surface area is 168 Å². The summed E-state index contributed by atoms with van der Waals surface area (Å²) >= 11 is 6.02. The fourth-order valence-corrected chi connectivity index (χ4v) is 2.86. The Morgan fingerprint density at radius 1 is 1.21 bits per heavy atom. The number of benzene rings is 2. The van der Waals surface area contributed by atoms with Crippen LogP contribution >= 0.6 is 11.6 Å². The first-order chi connectivity index (χ1) is 13.3. The minimum absolute atomic E-state index is 0.144. The second-order valence-corrected chi connectivity index (χ2v) is 6.92. The molecule has 0 aromatic heterocycles. The normalized spacial score (nSPS) is 11.6. The predicted molar refractivity (Wildman–Crippen MR) is 106 cm³/mol. The number of amides is 2. The van der Waals surface area contributed by atoms with E-state index in [0.717, 1.165) is 16.0 Å². The lowest BCUT2D eigenvalue weighted by Gasteiger charge is -2.15. The summed E-state index contributed by atoms with van der Waals surface area (Å²) in [7, 11) is 3.22. The molecule has 0 heterocycles. The van der Waals surface area contributed by atoms with E-state index in [1.807, 2.05) is 7.05 Å². The highest BCUT2D eigenvalue weighted by atomic mass is 35.5. The van der Waals surface area contributed by atoms with Gasteiger partial charge >= 0.3 is 0 Å². The quantitative estimate of drug-likeness (QED) is 0.621. The number of anilines is 1. The molecule has 2 aromatic carbocycles. The molecule has 150 valence electrons. The Morgan fingerprint density at radius 2 is 1.96 bits per heavy atom. The lowest BCUT2D eigenvalue weighted by Crippen LogP contribution is -3.08. The van der Waals surface area contributed by atoms with E-state index in [0.29, 0.717) is 17.3 Å². The molecule has 28 heavy (non-hydrogen) atoms. The number of hydrogen-bond acceptors (Lipinski definition) is 3. The molecule has 0 spiro atoms. The van der Waals surface area contributed by atoms with Gasteiger partial charge in [-0.05, 0) is 42.8 Å². The van der Waals surface area contributed by atoms with Gasteiger partial charge in [0.15, 0.2) is 18.1 Å². The zero-order chi connectivity index (χ0) is 20.7. The van der Waals surface area contributed by atoms with Crippen molar-refractivity contribution in [3.63, 3.8) is 0 Å². The van der Waals surface area contributed by atoms with Crippen molar-refractivity contribution in [1.29, 1.82) is 0 Å². The van der Waals surface area contributed by atoms with Gasteiger partial charge in [-0.15, -0.1) is 0 Å². The summed E-state index contributed by atoms with van der Waals surface area (Å²) in [6.45, 7) is 2.27. The topological polar surface area (TPSA) is 71.9 Å². The van der Waals surface area contributed by atoms with E-state index in [9.17, 15) is 14.0 Å². The van der Waals surface area contributed by atoms with E-state index in [4.69, 9.17) is 16.3 Å². The van der Waals surface area contributed by atoms with Crippen LogP contribution in [-0.4, -0.2) is 39.1 Å². The molecule has 0 fully saturated rings. The van der Waals surface area contributed by atoms with Crippen LogP contribution in [-0.2, 0) is 16.1 Å². The van der Waals surface area contributed by atoms with Gasteiger partial charge in [-0.25, -0.2) is 4.39 Å². The third kappa shape index (κ3) is 6.21. The SMILES string of the molecule is COc1ccc(C[NH+](C)CC(=O)NCC(=O)Nc2cccc(Cl)c2C)cc1F. The van der Waals surface area contributed by atoms with Crippen LogP contribution in [0.15, 0.2) is 36.4 Å². The zero-order valence-corrected chi connectivity index (χ0v) is 16.8. The number of likely N-dealkylation sites (N-methyl/N-ethyl adjacent to an activating group) is 1. The van der Waals surface area contributed by atoms with Crippen molar-refractivity contribution in [2.75, 3.05) is 32.6 Å².